The first kappa shape index (κ1) is 20.4. The summed E-state index contributed by atoms with van der Waals surface area (Å²) < 4.78 is 5.41. The highest BCUT2D eigenvalue weighted by molar-refractivity contribution is 5.79. The molecule has 146 valence electrons. The largest absolute Gasteiger partial charge is 0.359 e. The second kappa shape index (κ2) is 10.3. The molecular weight excluding hydrogens is 346 g/mol. The van der Waals surface area contributed by atoms with E-state index in [0.29, 0.717) is 31.5 Å². The fourth-order valence-electron chi connectivity index (χ4n) is 2.76. The lowest BCUT2D eigenvalue weighted by Gasteiger charge is -2.10. The summed E-state index contributed by atoms with van der Waals surface area (Å²) in [5, 5.41) is 21.4. The number of nitrogens with zero attached hydrogens (tertiary/aromatic N) is 3. The fraction of sp³-hybridized carbons (Fsp3) is 0.474. The van der Waals surface area contributed by atoms with Crippen LogP contribution in [0.2, 0.25) is 0 Å². The summed E-state index contributed by atoms with van der Waals surface area (Å²) in [5.74, 6) is 1.78. The van der Waals surface area contributed by atoms with E-state index in [-0.39, 0.29) is 5.69 Å². The first-order valence-electron chi connectivity index (χ1n) is 9.28. The van der Waals surface area contributed by atoms with Gasteiger partial charge in [-0.05, 0) is 25.3 Å². The molecule has 2 N–H and O–H groups in total. The van der Waals surface area contributed by atoms with Crippen LogP contribution in [0.25, 0.3) is 0 Å². The SMILES string of the molecule is CCNC(=NCc1cccc([N+](=O)[O-])c1)NCc1cc(C(CC)CC)no1. The molecule has 0 spiro atoms. The van der Waals surface area contributed by atoms with Crippen molar-refractivity contribution >= 4 is 11.6 Å². The van der Waals surface area contributed by atoms with Gasteiger partial charge in [0.05, 0.1) is 23.7 Å². The Bertz CT molecular complexity index is 768. The minimum absolute atomic E-state index is 0.0660. The zero-order valence-electron chi connectivity index (χ0n) is 16.1. The standard InChI is InChI=1S/C19H27N5O3/c1-4-15(5-2)18-11-17(27-23-18)13-22-19(20-6-3)21-12-14-8-7-9-16(10-14)24(25)26/h7-11,15H,4-6,12-13H2,1-3H3,(H2,20,21,22). The van der Waals surface area contributed by atoms with Gasteiger partial charge in [0.15, 0.2) is 11.7 Å². The topological polar surface area (TPSA) is 106 Å². The van der Waals surface area contributed by atoms with E-state index in [0.717, 1.165) is 29.9 Å². The highest BCUT2D eigenvalue weighted by atomic mass is 16.6. The molecule has 1 heterocycles. The van der Waals surface area contributed by atoms with E-state index in [1.165, 1.54) is 12.1 Å². The lowest BCUT2D eigenvalue weighted by molar-refractivity contribution is -0.384. The van der Waals surface area contributed by atoms with Gasteiger partial charge in [-0.25, -0.2) is 4.99 Å². The first-order chi connectivity index (χ1) is 13.1. The van der Waals surface area contributed by atoms with Crippen LogP contribution in [0.15, 0.2) is 39.8 Å². The Balaban J connectivity index is 1.99. The van der Waals surface area contributed by atoms with Gasteiger partial charge in [-0.1, -0.05) is 31.1 Å². The van der Waals surface area contributed by atoms with Crippen molar-refractivity contribution in [2.45, 2.75) is 52.6 Å². The van der Waals surface area contributed by atoms with Crippen molar-refractivity contribution in [2.75, 3.05) is 6.54 Å². The highest BCUT2D eigenvalue weighted by Gasteiger charge is 2.13. The van der Waals surface area contributed by atoms with E-state index in [2.05, 4.69) is 34.6 Å². The van der Waals surface area contributed by atoms with E-state index in [1.807, 2.05) is 19.1 Å². The number of guanidine groups is 1. The predicted molar refractivity (Wildman–Crippen MR) is 105 cm³/mol. The Hall–Kier alpha value is -2.90. The van der Waals surface area contributed by atoms with Crippen LogP contribution in [0.1, 0.15) is 56.5 Å². The second-order valence-corrected chi connectivity index (χ2v) is 6.21. The molecule has 0 atom stereocenters. The zero-order valence-corrected chi connectivity index (χ0v) is 16.1. The van der Waals surface area contributed by atoms with Crippen molar-refractivity contribution in [3.8, 4) is 0 Å². The number of hydrogen-bond donors (Lipinski definition) is 2. The van der Waals surface area contributed by atoms with Gasteiger partial charge in [0, 0.05) is 30.7 Å². The van der Waals surface area contributed by atoms with Gasteiger partial charge >= 0.3 is 0 Å². The molecule has 0 fully saturated rings. The maximum absolute atomic E-state index is 10.9. The number of nitrogens with one attached hydrogen (secondary N) is 2. The van der Waals surface area contributed by atoms with Crippen LogP contribution in [0.5, 0.6) is 0 Å². The number of aliphatic imine (C=N–C) groups is 1. The molecule has 0 radical (unpaired) electrons. The Labute approximate surface area is 159 Å². The Morgan fingerprint density at radius 2 is 2.04 bits per heavy atom. The van der Waals surface area contributed by atoms with Crippen LogP contribution in [-0.4, -0.2) is 22.6 Å². The molecule has 2 rings (SSSR count). The van der Waals surface area contributed by atoms with E-state index in [9.17, 15) is 10.1 Å². The van der Waals surface area contributed by atoms with Gasteiger partial charge in [-0.3, -0.25) is 10.1 Å². The van der Waals surface area contributed by atoms with Crippen LogP contribution >= 0.6 is 0 Å². The summed E-state index contributed by atoms with van der Waals surface area (Å²) in [5.41, 5.74) is 1.82. The van der Waals surface area contributed by atoms with Crippen molar-refractivity contribution < 1.29 is 9.45 Å². The molecule has 1 aromatic carbocycles. The monoisotopic (exact) mass is 373 g/mol. The second-order valence-electron chi connectivity index (χ2n) is 6.21. The summed E-state index contributed by atoms with van der Waals surface area (Å²) in [7, 11) is 0. The molecule has 8 nitrogen and oxygen atoms in total. The van der Waals surface area contributed by atoms with Gasteiger partial charge < -0.3 is 15.2 Å². The molecule has 8 heteroatoms. The van der Waals surface area contributed by atoms with Crippen molar-refractivity contribution in [3.05, 3.63) is 57.5 Å². The first-order valence-corrected chi connectivity index (χ1v) is 9.28. The molecule has 0 aliphatic rings. The van der Waals surface area contributed by atoms with Crippen LogP contribution in [0.4, 0.5) is 5.69 Å². The van der Waals surface area contributed by atoms with Gasteiger partial charge in [-0.15, -0.1) is 0 Å². The number of nitro groups is 1. The highest BCUT2D eigenvalue weighted by Crippen LogP contribution is 2.22. The minimum atomic E-state index is -0.405. The summed E-state index contributed by atoms with van der Waals surface area (Å²) in [4.78, 5) is 15.0. The molecule has 0 bridgehead atoms. The molecule has 2 aromatic rings. The molecule has 0 unspecified atom stereocenters. The van der Waals surface area contributed by atoms with Crippen molar-refractivity contribution in [1.29, 1.82) is 0 Å². The quantitative estimate of drug-likeness (QED) is 0.300. The van der Waals surface area contributed by atoms with Crippen molar-refractivity contribution in [1.82, 2.24) is 15.8 Å². The van der Waals surface area contributed by atoms with E-state index in [1.54, 1.807) is 6.07 Å². The molecule has 0 aliphatic carbocycles. The van der Waals surface area contributed by atoms with E-state index in [4.69, 9.17) is 4.52 Å². The lowest BCUT2D eigenvalue weighted by atomic mass is 9.99. The minimum Gasteiger partial charge on any atom is -0.359 e. The Morgan fingerprint density at radius 3 is 2.70 bits per heavy atom. The van der Waals surface area contributed by atoms with Gasteiger partial charge in [0.1, 0.15) is 0 Å². The smallest absolute Gasteiger partial charge is 0.269 e. The van der Waals surface area contributed by atoms with Crippen LogP contribution in [0.3, 0.4) is 0 Å². The molecular formula is C19H27N5O3. The van der Waals surface area contributed by atoms with Crippen molar-refractivity contribution in [2.24, 2.45) is 4.99 Å². The Kier molecular flexibility index (Phi) is 7.79. The number of benzene rings is 1. The van der Waals surface area contributed by atoms with Crippen LogP contribution in [0, 0.1) is 10.1 Å². The summed E-state index contributed by atoms with van der Waals surface area (Å²) in [6, 6.07) is 8.47. The number of rotatable bonds is 9. The van der Waals surface area contributed by atoms with Gasteiger partial charge in [0.2, 0.25) is 0 Å². The maximum Gasteiger partial charge on any atom is 0.269 e. The number of nitro benzene ring substituents is 1. The number of non-ortho nitro benzene ring substituents is 1. The van der Waals surface area contributed by atoms with Crippen molar-refractivity contribution in [3.63, 3.8) is 0 Å². The van der Waals surface area contributed by atoms with Gasteiger partial charge in [0.25, 0.3) is 5.69 Å². The molecule has 0 aliphatic heterocycles. The third-order valence-corrected chi connectivity index (χ3v) is 4.30. The van der Waals surface area contributed by atoms with Crippen LogP contribution in [-0.2, 0) is 13.1 Å². The molecule has 0 saturated heterocycles. The molecule has 27 heavy (non-hydrogen) atoms. The lowest BCUT2D eigenvalue weighted by Crippen LogP contribution is -2.36. The fourth-order valence-corrected chi connectivity index (χ4v) is 2.76. The summed E-state index contributed by atoms with van der Waals surface area (Å²) in [6.45, 7) is 7.77. The Morgan fingerprint density at radius 1 is 1.26 bits per heavy atom. The predicted octanol–water partition coefficient (Wildman–Crippen LogP) is 3.74. The van der Waals surface area contributed by atoms with E-state index >= 15 is 0 Å². The maximum atomic E-state index is 10.9. The summed E-state index contributed by atoms with van der Waals surface area (Å²) >= 11 is 0. The average molecular weight is 373 g/mol. The summed E-state index contributed by atoms with van der Waals surface area (Å²) in [6.07, 6.45) is 2.06. The molecule has 0 saturated carbocycles. The normalized spacial score (nSPS) is 11.6. The van der Waals surface area contributed by atoms with Crippen LogP contribution < -0.4 is 10.6 Å². The van der Waals surface area contributed by atoms with Gasteiger partial charge in [-0.2, -0.15) is 0 Å². The average Bonchev–Trinajstić information content (AvgIpc) is 3.14. The third kappa shape index (κ3) is 6.09. The third-order valence-electron chi connectivity index (χ3n) is 4.30. The number of aromatic nitrogens is 1. The van der Waals surface area contributed by atoms with E-state index < -0.39 is 4.92 Å². The number of hydrogen-bond acceptors (Lipinski definition) is 5. The zero-order chi connectivity index (χ0) is 19.6. The molecule has 1 aromatic heterocycles. The molecule has 0 amide bonds.